The molecule has 16 heavy (non-hydrogen) atoms. The summed E-state index contributed by atoms with van der Waals surface area (Å²) in [6, 6.07) is 3.18. The predicted molar refractivity (Wildman–Crippen MR) is 60.0 cm³/mol. The van der Waals surface area contributed by atoms with Crippen molar-refractivity contribution < 1.29 is 4.39 Å². The van der Waals surface area contributed by atoms with E-state index in [1.165, 1.54) is 12.5 Å². The number of hydrogen-bond acceptors (Lipinski definition) is 2. The number of nitrogens with one attached hydrogen (secondary N) is 1. The van der Waals surface area contributed by atoms with Crippen LogP contribution in [0.1, 0.15) is 24.5 Å². The number of aromatic nitrogens is 2. The second-order valence-electron chi connectivity index (χ2n) is 4.28. The lowest BCUT2D eigenvalue weighted by Gasteiger charge is -2.22. The second-order valence-corrected chi connectivity index (χ2v) is 4.28. The summed E-state index contributed by atoms with van der Waals surface area (Å²) in [5.74, 6) is 0.197. The molecule has 0 spiro atoms. The Labute approximate surface area is 93.3 Å². The smallest absolute Gasteiger partial charge is 0.173 e. The molecular weight excluding hydrogens is 205 g/mol. The Hall–Kier alpha value is -1.42. The summed E-state index contributed by atoms with van der Waals surface area (Å²) < 4.78 is 15.3. The molecule has 2 aromatic heterocycles. The molecule has 1 atom stereocenters. The average molecular weight is 219 g/mol. The second kappa shape index (κ2) is 3.87. The van der Waals surface area contributed by atoms with Crippen LogP contribution in [-0.4, -0.2) is 22.5 Å². The summed E-state index contributed by atoms with van der Waals surface area (Å²) in [6.45, 7) is 2.05. The molecule has 0 radical (unpaired) electrons. The highest BCUT2D eigenvalue weighted by Gasteiger charge is 2.19. The monoisotopic (exact) mass is 219 g/mol. The molecule has 0 amide bonds. The van der Waals surface area contributed by atoms with E-state index in [0.29, 0.717) is 11.6 Å². The fourth-order valence-electron chi connectivity index (χ4n) is 2.40. The first kappa shape index (κ1) is 9.78. The van der Waals surface area contributed by atoms with Gasteiger partial charge in [0.05, 0.1) is 0 Å². The molecule has 84 valence electrons. The average Bonchev–Trinajstić information content (AvgIpc) is 2.75. The maximum Gasteiger partial charge on any atom is 0.173 e. The van der Waals surface area contributed by atoms with E-state index in [4.69, 9.17) is 0 Å². The fraction of sp³-hybridized carbons (Fsp3) is 0.417. The maximum atomic E-state index is 13.5. The van der Waals surface area contributed by atoms with E-state index in [2.05, 4.69) is 10.3 Å². The number of hydrogen-bond donors (Lipinski definition) is 1. The molecule has 3 nitrogen and oxygen atoms in total. The van der Waals surface area contributed by atoms with E-state index < -0.39 is 0 Å². The fourth-order valence-corrected chi connectivity index (χ4v) is 2.40. The molecular formula is C12H14FN3. The van der Waals surface area contributed by atoms with Crippen LogP contribution < -0.4 is 5.32 Å². The molecule has 0 aliphatic carbocycles. The SMILES string of the molecule is Fc1cccn2c(C3CCCNC3)cnc12. The molecule has 1 unspecified atom stereocenters. The van der Waals surface area contributed by atoms with Crippen molar-refractivity contribution in [1.29, 1.82) is 0 Å². The van der Waals surface area contributed by atoms with Crippen molar-refractivity contribution in [3.63, 3.8) is 0 Å². The van der Waals surface area contributed by atoms with Crippen molar-refractivity contribution in [3.05, 3.63) is 36.0 Å². The Morgan fingerprint density at radius 1 is 1.50 bits per heavy atom. The van der Waals surface area contributed by atoms with Crippen LogP contribution in [0.15, 0.2) is 24.5 Å². The molecule has 2 aromatic rings. The minimum Gasteiger partial charge on any atom is -0.316 e. The van der Waals surface area contributed by atoms with Gasteiger partial charge in [-0.25, -0.2) is 9.37 Å². The van der Waals surface area contributed by atoms with Crippen molar-refractivity contribution >= 4 is 5.65 Å². The van der Waals surface area contributed by atoms with Crippen LogP contribution in [0.2, 0.25) is 0 Å². The number of rotatable bonds is 1. The van der Waals surface area contributed by atoms with Gasteiger partial charge in [0.1, 0.15) is 0 Å². The first-order chi connectivity index (χ1) is 7.86. The zero-order valence-electron chi connectivity index (χ0n) is 8.99. The largest absolute Gasteiger partial charge is 0.316 e. The van der Waals surface area contributed by atoms with Crippen molar-refractivity contribution in [2.75, 3.05) is 13.1 Å². The summed E-state index contributed by atoms with van der Waals surface area (Å²) in [6.07, 6.45) is 6.01. The van der Waals surface area contributed by atoms with Crippen LogP contribution in [0.4, 0.5) is 4.39 Å². The van der Waals surface area contributed by atoms with E-state index in [-0.39, 0.29) is 5.82 Å². The highest BCUT2D eigenvalue weighted by molar-refractivity contribution is 5.42. The predicted octanol–water partition coefficient (Wildman–Crippen LogP) is 1.94. The quantitative estimate of drug-likeness (QED) is 0.794. The third-order valence-corrected chi connectivity index (χ3v) is 3.23. The van der Waals surface area contributed by atoms with E-state index >= 15 is 0 Å². The molecule has 0 saturated carbocycles. The molecule has 1 aliphatic rings. The van der Waals surface area contributed by atoms with E-state index in [0.717, 1.165) is 25.2 Å². The Morgan fingerprint density at radius 2 is 2.44 bits per heavy atom. The number of imidazole rings is 1. The van der Waals surface area contributed by atoms with Crippen LogP contribution in [0.3, 0.4) is 0 Å². The lowest BCUT2D eigenvalue weighted by molar-refractivity contribution is 0.452. The van der Waals surface area contributed by atoms with Gasteiger partial charge >= 0.3 is 0 Å². The zero-order chi connectivity index (χ0) is 11.0. The van der Waals surface area contributed by atoms with Gasteiger partial charge in [0, 0.05) is 30.6 Å². The maximum absolute atomic E-state index is 13.5. The van der Waals surface area contributed by atoms with Gasteiger partial charge in [-0.15, -0.1) is 0 Å². The summed E-state index contributed by atoms with van der Waals surface area (Å²) in [5, 5.41) is 3.37. The highest BCUT2D eigenvalue weighted by atomic mass is 19.1. The summed E-state index contributed by atoms with van der Waals surface area (Å²) in [4.78, 5) is 4.15. The summed E-state index contributed by atoms with van der Waals surface area (Å²) >= 11 is 0. The first-order valence-electron chi connectivity index (χ1n) is 5.68. The van der Waals surface area contributed by atoms with E-state index in [1.54, 1.807) is 12.3 Å². The van der Waals surface area contributed by atoms with Crippen LogP contribution in [0.5, 0.6) is 0 Å². The molecule has 3 rings (SSSR count). The number of nitrogens with zero attached hydrogens (tertiary/aromatic N) is 2. The Kier molecular flexibility index (Phi) is 2.36. The lowest BCUT2D eigenvalue weighted by Crippen LogP contribution is -2.28. The Balaban J connectivity index is 2.06. The number of fused-ring (bicyclic) bond motifs is 1. The molecule has 3 heterocycles. The van der Waals surface area contributed by atoms with Crippen molar-refractivity contribution in [3.8, 4) is 0 Å². The topological polar surface area (TPSA) is 29.3 Å². The normalized spacial score (nSPS) is 21.4. The van der Waals surface area contributed by atoms with Gasteiger partial charge in [0.15, 0.2) is 11.5 Å². The zero-order valence-corrected chi connectivity index (χ0v) is 8.99. The van der Waals surface area contributed by atoms with E-state index in [9.17, 15) is 4.39 Å². The van der Waals surface area contributed by atoms with Gasteiger partial charge in [0.2, 0.25) is 0 Å². The number of pyridine rings is 1. The Bertz CT molecular complexity index is 500. The minimum absolute atomic E-state index is 0.252. The lowest BCUT2D eigenvalue weighted by atomic mass is 9.97. The molecule has 0 bridgehead atoms. The van der Waals surface area contributed by atoms with Gasteiger partial charge in [-0.1, -0.05) is 0 Å². The summed E-state index contributed by atoms with van der Waals surface area (Å²) in [5.41, 5.74) is 1.55. The van der Waals surface area contributed by atoms with Crippen LogP contribution in [0, 0.1) is 5.82 Å². The van der Waals surface area contributed by atoms with E-state index in [1.807, 2.05) is 10.6 Å². The van der Waals surface area contributed by atoms with Crippen LogP contribution in [0.25, 0.3) is 5.65 Å². The Morgan fingerprint density at radius 3 is 3.25 bits per heavy atom. The first-order valence-corrected chi connectivity index (χ1v) is 5.68. The third-order valence-electron chi connectivity index (χ3n) is 3.23. The van der Waals surface area contributed by atoms with Gasteiger partial charge in [0.25, 0.3) is 0 Å². The van der Waals surface area contributed by atoms with Gasteiger partial charge in [-0.3, -0.25) is 0 Å². The van der Waals surface area contributed by atoms with Crippen molar-refractivity contribution in [2.24, 2.45) is 0 Å². The standard InChI is InChI=1S/C12H14FN3/c13-10-4-2-6-16-11(8-15-12(10)16)9-3-1-5-14-7-9/h2,4,6,8-9,14H,1,3,5,7H2. The summed E-state index contributed by atoms with van der Waals surface area (Å²) in [7, 11) is 0. The van der Waals surface area contributed by atoms with Gasteiger partial charge in [-0.2, -0.15) is 0 Å². The van der Waals surface area contributed by atoms with Crippen molar-refractivity contribution in [2.45, 2.75) is 18.8 Å². The van der Waals surface area contributed by atoms with Gasteiger partial charge in [-0.05, 0) is 31.5 Å². The molecule has 1 saturated heterocycles. The molecule has 4 heteroatoms. The number of piperidine rings is 1. The highest BCUT2D eigenvalue weighted by Crippen LogP contribution is 2.24. The molecule has 0 aromatic carbocycles. The number of halogens is 1. The van der Waals surface area contributed by atoms with Gasteiger partial charge < -0.3 is 9.72 Å². The minimum atomic E-state index is -0.252. The molecule has 1 aliphatic heterocycles. The van der Waals surface area contributed by atoms with Crippen LogP contribution >= 0.6 is 0 Å². The third kappa shape index (κ3) is 1.50. The molecule has 1 fully saturated rings. The van der Waals surface area contributed by atoms with Crippen LogP contribution in [-0.2, 0) is 0 Å². The van der Waals surface area contributed by atoms with Crippen molar-refractivity contribution in [1.82, 2.24) is 14.7 Å². The molecule has 1 N–H and O–H groups in total.